The largest absolute Gasteiger partial charge is 0.493 e. The molecule has 0 N–H and O–H groups in total. The van der Waals surface area contributed by atoms with E-state index in [-0.39, 0.29) is 6.04 Å². The molecule has 0 radical (unpaired) electrons. The second-order valence-electron chi connectivity index (χ2n) is 6.61. The average molecular weight is 376 g/mol. The summed E-state index contributed by atoms with van der Waals surface area (Å²) in [6.07, 6.45) is 0. The van der Waals surface area contributed by atoms with Crippen LogP contribution >= 0.6 is 0 Å². The van der Waals surface area contributed by atoms with Crippen LogP contribution in [0.3, 0.4) is 0 Å². The molecule has 1 aliphatic heterocycles. The van der Waals surface area contributed by atoms with Gasteiger partial charge in [-0.15, -0.1) is 5.10 Å². The molecular weight excluding hydrogens is 348 g/mol. The van der Waals surface area contributed by atoms with Crippen LogP contribution in [0.25, 0.3) is 0 Å². The predicted octanol–water partition coefficient (Wildman–Crippen LogP) is 0.674. The van der Waals surface area contributed by atoms with Gasteiger partial charge in [0.05, 0.1) is 33.4 Å². The molecule has 27 heavy (non-hydrogen) atoms. The summed E-state index contributed by atoms with van der Waals surface area (Å²) < 4.78 is 17.9. The highest BCUT2D eigenvalue weighted by Gasteiger charge is 2.30. The van der Waals surface area contributed by atoms with Crippen LogP contribution < -0.4 is 9.47 Å². The van der Waals surface area contributed by atoms with E-state index in [1.807, 2.05) is 16.8 Å². The number of benzene rings is 1. The fourth-order valence-corrected chi connectivity index (χ4v) is 3.37. The van der Waals surface area contributed by atoms with Crippen LogP contribution in [0.1, 0.15) is 17.4 Å². The molecule has 1 fully saturated rings. The Bertz CT molecular complexity index is 730. The maximum Gasteiger partial charge on any atom is 0.173 e. The third-order valence-electron chi connectivity index (χ3n) is 4.94. The first kappa shape index (κ1) is 19.5. The van der Waals surface area contributed by atoms with Gasteiger partial charge >= 0.3 is 0 Å². The minimum absolute atomic E-state index is 0.0645. The second-order valence-corrected chi connectivity index (χ2v) is 6.61. The van der Waals surface area contributed by atoms with Crippen molar-refractivity contribution in [2.75, 3.05) is 61.2 Å². The fourth-order valence-electron chi connectivity index (χ4n) is 3.37. The van der Waals surface area contributed by atoms with E-state index < -0.39 is 0 Å². The Labute approximate surface area is 159 Å². The lowest BCUT2D eigenvalue weighted by atomic mass is 10.0. The van der Waals surface area contributed by atoms with Crippen molar-refractivity contribution < 1.29 is 14.2 Å². The molecule has 1 aromatic carbocycles. The SMILES string of the molecule is COCCn1nnnc1[C@@H](c1ccc(OC)c(OC)c1)N1CCN(C)CC1. The van der Waals surface area contributed by atoms with Crippen molar-refractivity contribution in [2.24, 2.45) is 0 Å². The Kier molecular flexibility index (Phi) is 6.59. The number of hydrogen-bond acceptors (Lipinski definition) is 8. The first-order chi connectivity index (χ1) is 13.2. The van der Waals surface area contributed by atoms with E-state index in [9.17, 15) is 0 Å². The van der Waals surface area contributed by atoms with E-state index in [4.69, 9.17) is 14.2 Å². The minimum atomic E-state index is -0.0645. The maximum absolute atomic E-state index is 5.51. The molecule has 9 nitrogen and oxygen atoms in total. The molecule has 148 valence electrons. The lowest BCUT2D eigenvalue weighted by molar-refractivity contribution is 0.119. The zero-order valence-electron chi connectivity index (χ0n) is 16.5. The highest BCUT2D eigenvalue weighted by Crippen LogP contribution is 2.34. The predicted molar refractivity (Wildman–Crippen MR) is 100 cm³/mol. The molecule has 2 heterocycles. The smallest absolute Gasteiger partial charge is 0.173 e. The van der Waals surface area contributed by atoms with Gasteiger partial charge in [-0.25, -0.2) is 4.68 Å². The van der Waals surface area contributed by atoms with Gasteiger partial charge in [-0.05, 0) is 35.2 Å². The molecule has 1 aliphatic rings. The lowest BCUT2D eigenvalue weighted by Crippen LogP contribution is -2.46. The minimum Gasteiger partial charge on any atom is -0.493 e. The van der Waals surface area contributed by atoms with Crippen LogP contribution in [0.5, 0.6) is 11.5 Å². The highest BCUT2D eigenvalue weighted by molar-refractivity contribution is 5.44. The average Bonchev–Trinajstić information content (AvgIpc) is 3.16. The van der Waals surface area contributed by atoms with Crippen LogP contribution in [-0.2, 0) is 11.3 Å². The van der Waals surface area contributed by atoms with Gasteiger partial charge in [-0.2, -0.15) is 0 Å². The van der Waals surface area contributed by atoms with Gasteiger partial charge in [0.1, 0.15) is 0 Å². The Morgan fingerprint density at radius 1 is 1.04 bits per heavy atom. The van der Waals surface area contributed by atoms with Gasteiger partial charge in [-0.3, -0.25) is 4.90 Å². The quantitative estimate of drug-likeness (QED) is 0.665. The standard InChI is InChI=1S/C18H28N6O3/c1-22-7-9-23(10-8-22)17(18-19-20-21-24(18)11-12-25-2)14-5-6-15(26-3)16(13-14)27-4/h5-6,13,17H,7-12H2,1-4H3/t17-/m1/s1. The number of rotatable bonds is 8. The Balaban J connectivity index is 1.99. The van der Waals surface area contributed by atoms with Crippen molar-refractivity contribution in [3.63, 3.8) is 0 Å². The number of piperazine rings is 1. The molecule has 0 saturated carbocycles. The van der Waals surface area contributed by atoms with Crippen LogP contribution in [0.4, 0.5) is 0 Å². The van der Waals surface area contributed by atoms with E-state index in [1.54, 1.807) is 21.3 Å². The van der Waals surface area contributed by atoms with Gasteiger partial charge in [0.2, 0.25) is 0 Å². The molecular formula is C18H28N6O3. The summed E-state index contributed by atoms with van der Waals surface area (Å²) in [5, 5.41) is 12.4. The molecule has 2 aromatic rings. The summed E-state index contributed by atoms with van der Waals surface area (Å²) in [5.74, 6) is 2.21. The summed E-state index contributed by atoms with van der Waals surface area (Å²) in [7, 11) is 7.11. The molecule has 0 unspecified atom stereocenters. The summed E-state index contributed by atoms with van der Waals surface area (Å²) in [5.41, 5.74) is 1.07. The topological polar surface area (TPSA) is 77.8 Å². The Morgan fingerprint density at radius 2 is 1.78 bits per heavy atom. The molecule has 9 heteroatoms. The van der Waals surface area contributed by atoms with Gasteiger partial charge in [-0.1, -0.05) is 6.07 Å². The van der Waals surface area contributed by atoms with E-state index in [0.29, 0.717) is 24.7 Å². The summed E-state index contributed by atoms with van der Waals surface area (Å²) in [6.45, 7) is 5.04. The van der Waals surface area contributed by atoms with Crippen molar-refractivity contribution in [3.8, 4) is 11.5 Å². The molecule has 1 saturated heterocycles. The Morgan fingerprint density at radius 3 is 2.44 bits per heavy atom. The number of hydrogen-bond donors (Lipinski definition) is 0. The zero-order chi connectivity index (χ0) is 19.2. The summed E-state index contributed by atoms with van der Waals surface area (Å²) >= 11 is 0. The molecule has 0 aliphatic carbocycles. The van der Waals surface area contributed by atoms with E-state index >= 15 is 0 Å². The number of likely N-dealkylation sites (N-methyl/N-ethyl adjacent to an activating group) is 1. The van der Waals surface area contributed by atoms with Gasteiger partial charge in [0.25, 0.3) is 0 Å². The second kappa shape index (κ2) is 9.12. The molecule has 0 amide bonds. The molecule has 0 spiro atoms. The van der Waals surface area contributed by atoms with Gasteiger partial charge in [0, 0.05) is 33.3 Å². The first-order valence-corrected chi connectivity index (χ1v) is 9.07. The van der Waals surface area contributed by atoms with Crippen molar-refractivity contribution in [2.45, 2.75) is 12.6 Å². The zero-order valence-corrected chi connectivity index (χ0v) is 16.5. The third kappa shape index (κ3) is 4.37. The van der Waals surface area contributed by atoms with Crippen molar-refractivity contribution in [1.29, 1.82) is 0 Å². The molecule has 3 rings (SSSR count). The van der Waals surface area contributed by atoms with E-state index in [1.165, 1.54) is 0 Å². The molecule has 1 aromatic heterocycles. The van der Waals surface area contributed by atoms with Crippen LogP contribution in [0.2, 0.25) is 0 Å². The van der Waals surface area contributed by atoms with E-state index in [2.05, 4.69) is 38.4 Å². The van der Waals surface area contributed by atoms with Crippen molar-refractivity contribution in [3.05, 3.63) is 29.6 Å². The Hall–Kier alpha value is -2.23. The highest BCUT2D eigenvalue weighted by atomic mass is 16.5. The molecule has 0 bridgehead atoms. The number of nitrogens with zero attached hydrogens (tertiary/aromatic N) is 6. The third-order valence-corrected chi connectivity index (χ3v) is 4.94. The number of ether oxygens (including phenoxy) is 3. The number of methoxy groups -OCH3 is 3. The summed E-state index contributed by atoms with van der Waals surface area (Å²) in [6, 6.07) is 5.93. The van der Waals surface area contributed by atoms with Crippen molar-refractivity contribution in [1.82, 2.24) is 30.0 Å². The van der Waals surface area contributed by atoms with Gasteiger partial charge in [0.15, 0.2) is 17.3 Å². The fraction of sp³-hybridized carbons (Fsp3) is 0.611. The molecule has 1 atom stereocenters. The monoisotopic (exact) mass is 376 g/mol. The first-order valence-electron chi connectivity index (χ1n) is 9.07. The van der Waals surface area contributed by atoms with E-state index in [0.717, 1.165) is 37.6 Å². The lowest BCUT2D eigenvalue weighted by Gasteiger charge is -2.37. The van der Waals surface area contributed by atoms with Gasteiger partial charge < -0.3 is 19.1 Å². The van der Waals surface area contributed by atoms with Crippen LogP contribution in [0.15, 0.2) is 18.2 Å². The normalized spacial score (nSPS) is 17.0. The number of aromatic nitrogens is 4. The maximum atomic E-state index is 5.51. The van der Waals surface area contributed by atoms with Crippen LogP contribution in [-0.4, -0.2) is 91.2 Å². The van der Waals surface area contributed by atoms with Crippen LogP contribution in [0, 0.1) is 0 Å². The number of tetrazole rings is 1. The summed E-state index contributed by atoms with van der Waals surface area (Å²) in [4.78, 5) is 4.74. The van der Waals surface area contributed by atoms with Crippen molar-refractivity contribution >= 4 is 0 Å².